The Balaban J connectivity index is 1.73. The van der Waals surface area contributed by atoms with Crippen molar-refractivity contribution in [1.29, 1.82) is 0 Å². The Morgan fingerprint density at radius 1 is 1.39 bits per heavy atom. The summed E-state index contributed by atoms with van der Waals surface area (Å²) < 4.78 is 0. The molecule has 2 saturated carbocycles. The molecule has 4 nitrogen and oxygen atoms in total. The highest BCUT2D eigenvalue weighted by molar-refractivity contribution is 6.32. The number of hydrogen-bond donors (Lipinski definition) is 2. The van der Waals surface area contributed by atoms with Crippen LogP contribution in [0, 0.1) is 11.8 Å². The number of nitrogens with zero attached hydrogens (tertiary/aromatic N) is 2. The maximum atomic E-state index is 6.16. The summed E-state index contributed by atoms with van der Waals surface area (Å²) in [5, 5.41) is 7.24. The lowest BCUT2D eigenvalue weighted by atomic mass is 9.95. The smallest absolute Gasteiger partial charge is 0.224 e. The van der Waals surface area contributed by atoms with Gasteiger partial charge in [-0.2, -0.15) is 4.98 Å². The minimum absolute atomic E-state index is 0.547. The van der Waals surface area contributed by atoms with Crippen molar-refractivity contribution in [1.82, 2.24) is 9.97 Å². The maximum absolute atomic E-state index is 6.16. The van der Waals surface area contributed by atoms with Gasteiger partial charge in [0, 0.05) is 12.6 Å². The summed E-state index contributed by atoms with van der Waals surface area (Å²) >= 11 is 6.16. The lowest BCUT2D eigenvalue weighted by Gasteiger charge is -2.24. The molecule has 0 amide bonds. The first-order valence-electron chi connectivity index (χ1n) is 6.79. The van der Waals surface area contributed by atoms with Crippen molar-refractivity contribution in [2.45, 2.75) is 38.6 Å². The molecule has 18 heavy (non-hydrogen) atoms. The van der Waals surface area contributed by atoms with Crippen LogP contribution in [-0.2, 0) is 0 Å². The van der Waals surface area contributed by atoms with E-state index in [0.29, 0.717) is 17.0 Å². The molecule has 98 valence electrons. The number of anilines is 2. The fourth-order valence-corrected chi connectivity index (χ4v) is 3.45. The number of nitrogens with one attached hydrogen (secondary N) is 2. The molecule has 3 unspecified atom stereocenters. The molecule has 2 fully saturated rings. The van der Waals surface area contributed by atoms with Crippen LogP contribution in [0.5, 0.6) is 0 Å². The monoisotopic (exact) mass is 266 g/mol. The van der Waals surface area contributed by atoms with Crippen LogP contribution in [-0.4, -0.2) is 22.6 Å². The zero-order valence-corrected chi connectivity index (χ0v) is 11.4. The van der Waals surface area contributed by atoms with Crippen LogP contribution < -0.4 is 10.6 Å². The van der Waals surface area contributed by atoms with E-state index in [1.165, 1.54) is 25.7 Å². The van der Waals surface area contributed by atoms with Gasteiger partial charge < -0.3 is 10.6 Å². The van der Waals surface area contributed by atoms with Gasteiger partial charge in [0.05, 0.1) is 6.20 Å². The van der Waals surface area contributed by atoms with Crippen molar-refractivity contribution in [2.75, 3.05) is 17.2 Å². The summed E-state index contributed by atoms with van der Waals surface area (Å²) in [5.41, 5.74) is 0. The molecule has 0 aromatic carbocycles. The lowest BCUT2D eigenvalue weighted by molar-refractivity contribution is 0.439. The number of halogens is 1. The Morgan fingerprint density at radius 3 is 2.94 bits per heavy atom. The molecule has 2 aliphatic carbocycles. The molecule has 1 aromatic heterocycles. The van der Waals surface area contributed by atoms with Gasteiger partial charge in [0.2, 0.25) is 5.95 Å². The Labute approximate surface area is 113 Å². The number of hydrogen-bond acceptors (Lipinski definition) is 4. The predicted molar refractivity (Wildman–Crippen MR) is 74.1 cm³/mol. The van der Waals surface area contributed by atoms with Gasteiger partial charge >= 0.3 is 0 Å². The van der Waals surface area contributed by atoms with Crippen LogP contribution in [0.15, 0.2) is 6.20 Å². The van der Waals surface area contributed by atoms with E-state index in [4.69, 9.17) is 11.6 Å². The highest BCUT2D eigenvalue weighted by Crippen LogP contribution is 2.45. The second kappa shape index (κ2) is 4.92. The third-order valence-corrected chi connectivity index (χ3v) is 4.42. The van der Waals surface area contributed by atoms with Crippen LogP contribution >= 0.6 is 11.6 Å². The molecule has 2 aliphatic rings. The highest BCUT2D eigenvalue weighted by Gasteiger charge is 2.39. The Bertz CT molecular complexity index is 437. The van der Waals surface area contributed by atoms with E-state index in [1.54, 1.807) is 6.20 Å². The highest BCUT2D eigenvalue weighted by atomic mass is 35.5. The molecule has 3 atom stereocenters. The quantitative estimate of drug-likeness (QED) is 0.879. The first-order chi connectivity index (χ1) is 8.76. The van der Waals surface area contributed by atoms with Crippen LogP contribution in [0.1, 0.15) is 32.6 Å². The Morgan fingerprint density at radius 2 is 2.28 bits per heavy atom. The molecule has 0 spiro atoms. The molecule has 0 aliphatic heterocycles. The number of rotatable bonds is 4. The van der Waals surface area contributed by atoms with Crippen molar-refractivity contribution in [3.8, 4) is 0 Å². The molecule has 0 radical (unpaired) electrons. The van der Waals surface area contributed by atoms with Crippen LogP contribution in [0.3, 0.4) is 0 Å². The predicted octanol–water partition coefficient (Wildman–Crippen LogP) is 3.16. The summed E-state index contributed by atoms with van der Waals surface area (Å²) in [6.45, 7) is 2.84. The van der Waals surface area contributed by atoms with Crippen LogP contribution in [0.2, 0.25) is 5.02 Å². The van der Waals surface area contributed by atoms with Gasteiger partial charge in [-0.25, -0.2) is 4.98 Å². The minimum Gasteiger partial charge on any atom is -0.366 e. The summed E-state index contributed by atoms with van der Waals surface area (Å²) in [6, 6.07) is 0.547. The summed E-state index contributed by atoms with van der Waals surface area (Å²) in [7, 11) is 0. The summed E-state index contributed by atoms with van der Waals surface area (Å²) in [4.78, 5) is 8.60. The van der Waals surface area contributed by atoms with Crippen LogP contribution in [0.25, 0.3) is 0 Å². The largest absolute Gasteiger partial charge is 0.366 e. The Kier molecular flexibility index (Phi) is 3.29. The van der Waals surface area contributed by atoms with Gasteiger partial charge in [-0.15, -0.1) is 0 Å². The van der Waals surface area contributed by atoms with Crippen LogP contribution in [0.4, 0.5) is 11.8 Å². The van der Waals surface area contributed by atoms with Crippen molar-refractivity contribution < 1.29 is 0 Å². The molecule has 5 heteroatoms. The van der Waals surface area contributed by atoms with E-state index in [0.717, 1.165) is 24.2 Å². The third-order valence-electron chi connectivity index (χ3n) is 4.14. The lowest BCUT2D eigenvalue weighted by Crippen LogP contribution is -2.26. The fourth-order valence-electron chi connectivity index (χ4n) is 3.31. The van der Waals surface area contributed by atoms with Gasteiger partial charge in [-0.1, -0.05) is 18.0 Å². The second-order valence-corrected chi connectivity index (χ2v) is 5.75. The average molecular weight is 267 g/mol. The van der Waals surface area contributed by atoms with Gasteiger partial charge in [0.15, 0.2) is 5.82 Å². The Hall–Kier alpha value is -1.03. The zero-order chi connectivity index (χ0) is 12.5. The third kappa shape index (κ3) is 2.26. The van der Waals surface area contributed by atoms with Gasteiger partial charge in [-0.05, 0) is 38.0 Å². The van der Waals surface area contributed by atoms with Gasteiger partial charge in [0.1, 0.15) is 5.02 Å². The van der Waals surface area contributed by atoms with E-state index >= 15 is 0 Å². The maximum Gasteiger partial charge on any atom is 0.224 e. The molecule has 1 heterocycles. The standard InChI is InChI=1S/C13H19ClN4/c1-2-15-13-16-7-10(14)12(18-13)17-11-6-8-3-4-9(11)5-8/h7-9,11H,2-6H2,1H3,(H2,15,16,17,18). The molecule has 3 rings (SSSR count). The van der Waals surface area contributed by atoms with E-state index < -0.39 is 0 Å². The van der Waals surface area contributed by atoms with E-state index in [9.17, 15) is 0 Å². The molecule has 1 aromatic rings. The molecule has 2 N–H and O–H groups in total. The van der Waals surface area contributed by atoms with Crippen molar-refractivity contribution in [3.05, 3.63) is 11.2 Å². The minimum atomic E-state index is 0.547. The normalized spacial score (nSPS) is 29.6. The van der Waals surface area contributed by atoms with Gasteiger partial charge in [0.25, 0.3) is 0 Å². The molecular formula is C13H19ClN4. The summed E-state index contributed by atoms with van der Waals surface area (Å²) in [6.07, 6.45) is 7.07. The fraction of sp³-hybridized carbons (Fsp3) is 0.692. The van der Waals surface area contributed by atoms with E-state index in [2.05, 4.69) is 20.6 Å². The van der Waals surface area contributed by atoms with Crippen molar-refractivity contribution in [3.63, 3.8) is 0 Å². The average Bonchev–Trinajstić information content (AvgIpc) is 2.96. The van der Waals surface area contributed by atoms with E-state index in [1.807, 2.05) is 6.92 Å². The topological polar surface area (TPSA) is 49.8 Å². The second-order valence-electron chi connectivity index (χ2n) is 5.35. The zero-order valence-electron chi connectivity index (χ0n) is 10.6. The number of fused-ring (bicyclic) bond motifs is 2. The first kappa shape index (κ1) is 12.0. The summed E-state index contributed by atoms with van der Waals surface area (Å²) in [5.74, 6) is 3.15. The first-order valence-corrected chi connectivity index (χ1v) is 7.17. The van der Waals surface area contributed by atoms with Crippen molar-refractivity contribution in [2.24, 2.45) is 11.8 Å². The van der Waals surface area contributed by atoms with Gasteiger partial charge in [-0.3, -0.25) is 0 Å². The molecule has 2 bridgehead atoms. The number of aromatic nitrogens is 2. The van der Waals surface area contributed by atoms with Crippen molar-refractivity contribution >= 4 is 23.4 Å². The molecule has 0 saturated heterocycles. The SMILES string of the molecule is CCNc1ncc(Cl)c(NC2CC3CCC2C3)n1. The van der Waals surface area contributed by atoms with E-state index in [-0.39, 0.29) is 0 Å². The molecular weight excluding hydrogens is 248 g/mol.